The topological polar surface area (TPSA) is 28.7 Å². The highest BCUT2D eigenvalue weighted by molar-refractivity contribution is 6.22. The molecule has 0 saturated heterocycles. The molecule has 2 nitrogen and oxygen atoms in total. The molecule has 0 N–H and O–H groups in total. The van der Waals surface area contributed by atoms with Gasteiger partial charge in [-0.25, -0.2) is 0 Å². The minimum Gasteiger partial charge on any atom is -0.309 e. The lowest BCUT2D eigenvalue weighted by Crippen LogP contribution is -2.20. The summed E-state index contributed by atoms with van der Waals surface area (Å²) in [6, 6.07) is 65.1. The third-order valence-corrected chi connectivity index (χ3v) is 14.9. The molecule has 10 aromatic rings. The van der Waals surface area contributed by atoms with Gasteiger partial charge in [-0.3, -0.25) is 0 Å². The van der Waals surface area contributed by atoms with Crippen LogP contribution in [0.2, 0.25) is 0 Å². The van der Waals surface area contributed by atoms with Crippen molar-refractivity contribution in [1.82, 2.24) is 4.57 Å². The van der Waals surface area contributed by atoms with Crippen LogP contribution in [-0.4, -0.2) is 4.57 Å². The molecule has 1 heterocycles. The van der Waals surface area contributed by atoms with Crippen LogP contribution in [0, 0.1) is 11.3 Å². The van der Waals surface area contributed by atoms with Crippen LogP contribution in [0.4, 0.5) is 0 Å². The Labute approximate surface area is 386 Å². The van der Waals surface area contributed by atoms with Gasteiger partial charge in [0.2, 0.25) is 0 Å². The molecule has 0 unspecified atom stereocenters. The van der Waals surface area contributed by atoms with Crippen molar-refractivity contribution in [3.05, 3.63) is 234 Å². The largest absolute Gasteiger partial charge is 0.309 e. The number of nitriles is 1. The second-order valence-corrected chi connectivity index (χ2v) is 19.2. The summed E-state index contributed by atoms with van der Waals surface area (Å²) in [5, 5.41) is 17.1. The van der Waals surface area contributed by atoms with E-state index in [1.165, 1.54) is 77.2 Å². The predicted molar refractivity (Wildman–Crippen MR) is 279 cm³/mol. The first-order valence-corrected chi connectivity index (χ1v) is 23.1. The van der Waals surface area contributed by atoms with Crippen molar-refractivity contribution in [3.63, 3.8) is 0 Å². The lowest BCUT2D eigenvalue weighted by atomic mass is 9.74. The molecule has 12 rings (SSSR count). The lowest BCUT2D eigenvalue weighted by Gasteiger charge is -2.29. The van der Waals surface area contributed by atoms with E-state index in [9.17, 15) is 5.26 Å². The lowest BCUT2D eigenvalue weighted by molar-refractivity contribution is 0.635. The Morgan fingerprint density at radius 2 is 1.08 bits per heavy atom. The molecule has 314 valence electrons. The Balaban J connectivity index is 1.14. The summed E-state index contributed by atoms with van der Waals surface area (Å²) in [7, 11) is 0. The molecule has 0 bridgehead atoms. The number of nitrogens with zero attached hydrogens (tertiary/aromatic N) is 2. The molecule has 66 heavy (non-hydrogen) atoms. The third-order valence-electron chi connectivity index (χ3n) is 14.9. The normalized spacial score (nSPS) is 15.7. The number of fused-ring (bicyclic) bond motifs is 9. The Kier molecular flexibility index (Phi) is 8.86. The van der Waals surface area contributed by atoms with E-state index >= 15 is 0 Å². The van der Waals surface area contributed by atoms with Crippen molar-refractivity contribution in [1.29, 1.82) is 5.26 Å². The molecule has 0 saturated carbocycles. The van der Waals surface area contributed by atoms with E-state index in [1.54, 1.807) is 0 Å². The monoisotopic (exact) mass is 844 g/mol. The summed E-state index contributed by atoms with van der Waals surface area (Å²) in [4.78, 5) is 0. The van der Waals surface area contributed by atoms with E-state index in [-0.39, 0.29) is 10.8 Å². The van der Waals surface area contributed by atoms with Crippen LogP contribution in [-0.2, 0) is 17.3 Å². The van der Waals surface area contributed by atoms with E-state index in [4.69, 9.17) is 0 Å². The average molecular weight is 845 g/mol. The molecule has 9 aromatic carbocycles. The smallest absolute Gasteiger partial charge is 0.0991 e. The van der Waals surface area contributed by atoms with Crippen molar-refractivity contribution < 1.29 is 0 Å². The molecule has 0 aliphatic heterocycles. The van der Waals surface area contributed by atoms with Crippen LogP contribution in [0.25, 0.3) is 93.5 Å². The fourth-order valence-electron chi connectivity index (χ4n) is 11.3. The van der Waals surface area contributed by atoms with E-state index in [0.717, 1.165) is 50.6 Å². The van der Waals surface area contributed by atoms with Gasteiger partial charge in [0, 0.05) is 27.3 Å². The first kappa shape index (κ1) is 39.6. The molecule has 0 amide bonds. The van der Waals surface area contributed by atoms with Crippen LogP contribution >= 0.6 is 0 Å². The van der Waals surface area contributed by atoms with Crippen LogP contribution in [0.5, 0.6) is 0 Å². The Hall–Kier alpha value is -7.99. The molecule has 2 aliphatic rings. The summed E-state index contributed by atoms with van der Waals surface area (Å²) in [6.45, 7) is 13.9. The summed E-state index contributed by atoms with van der Waals surface area (Å²) >= 11 is 0. The average Bonchev–Trinajstić information content (AvgIpc) is 3.81. The Morgan fingerprint density at radius 3 is 1.85 bits per heavy atom. The Morgan fingerprint density at radius 1 is 0.485 bits per heavy atom. The van der Waals surface area contributed by atoms with Crippen LogP contribution in [0.1, 0.15) is 55.5 Å². The van der Waals surface area contributed by atoms with E-state index < -0.39 is 0 Å². The quantitative estimate of drug-likeness (QED) is 0.162. The molecule has 0 fully saturated rings. The first-order chi connectivity index (χ1) is 32.1. The zero-order valence-corrected chi connectivity index (χ0v) is 37.8. The van der Waals surface area contributed by atoms with Gasteiger partial charge in [0.05, 0.1) is 22.7 Å². The minimum atomic E-state index is -0.279. The molecule has 2 aliphatic carbocycles. The maximum Gasteiger partial charge on any atom is 0.0991 e. The molecule has 2 heteroatoms. The fourth-order valence-corrected chi connectivity index (χ4v) is 11.3. The number of aromatic nitrogens is 1. The first-order valence-electron chi connectivity index (χ1n) is 23.1. The van der Waals surface area contributed by atoms with Gasteiger partial charge in [-0.05, 0) is 161 Å². The van der Waals surface area contributed by atoms with Gasteiger partial charge in [0.15, 0.2) is 0 Å². The summed E-state index contributed by atoms with van der Waals surface area (Å²) in [6.07, 6.45) is 9.54. The summed E-state index contributed by atoms with van der Waals surface area (Å²) < 4.78 is 2.31. The van der Waals surface area contributed by atoms with Gasteiger partial charge in [0.25, 0.3) is 0 Å². The number of hydrogen-bond donors (Lipinski definition) is 0. The molecule has 0 radical (unpaired) electrons. The second kappa shape index (κ2) is 14.8. The number of rotatable bonds is 4. The molecule has 1 aromatic heterocycles. The summed E-state index contributed by atoms with van der Waals surface area (Å²) in [5.41, 5.74) is 19.8. The third kappa shape index (κ3) is 5.93. The van der Waals surface area contributed by atoms with Gasteiger partial charge >= 0.3 is 0 Å². The highest BCUT2D eigenvalue weighted by Gasteiger charge is 2.36. The SMILES string of the molecule is C=C1/C=C\C=C/Cc2ccc(-c3c4ccccc4c(-c4ccc5c(c4)C(C)(C)c4ccccc4-5)c4ccc(-c5ccc6c(c5)c5cc(C#N)ccc5n6-c5ccccc5)cc34)cc2C1(C)C. The summed E-state index contributed by atoms with van der Waals surface area (Å²) in [5.74, 6) is 0. The zero-order valence-electron chi connectivity index (χ0n) is 37.8. The van der Waals surface area contributed by atoms with E-state index in [0.29, 0.717) is 5.56 Å². The van der Waals surface area contributed by atoms with Gasteiger partial charge in [-0.2, -0.15) is 5.26 Å². The fraction of sp³-hybridized carbons (Fsp3) is 0.109. The predicted octanol–water partition coefficient (Wildman–Crippen LogP) is 16.8. The van der Waals surface area contributed by atoms with Crippen molar-refractivity contribution >= 4 is 43.4 Å². The molecular formula is C64H48N2. The molecular weight excluding hydrogens is 797 g/mol. The highest BCUT2D eigenvalue weighted by atomic mass is 15.0. The van der Waals surface area contributed by atoms with Crippen LogP contribution < -0.4 is 0 Å². The molecule has 0 spiro atoms. The van der Waals surface area contributed by atoms with E-state index in [1.807, 2.05) is 12.1 Å². The standard InChI is InChI=1S/C64H48N2/c1-40-16-8-6-9-17-42-25-26-45(37-57(42)63(40,2)3)62-51-22-13-12-21-50(51)61(46-28-30-49-48-20-14-15-23-56(48)64(4,5)58(49)38-46)52-31-27-43(36-55(52)62)44-29-33-60-54(35-44)53-34-41(39-65)24-32-59(53)66(60)47-18-10-7-11-19-47/h6-16,18-38H,1,17H2,2-5H3/b9-6-,16-8-. The van der Waals surface area contributed by atoms with E-state index in [2.05, 4.69) is 227 Å². The van der Waals surface area contributed by atoms with Crippen molar-refractivity contribution in [3.8, 4) is 56.3 Å². The van der Waals surface area contributed by atoms with Crippen LogP contribution in [0.15, 0.2) is 206 Å². The number of benzene rings is 9. The van der Waals surface area contributed by atoms with Gasteiger partial charge < -0.3 is 4.57 Å². The van der Waals surface area contributed by atoms with Gasteiger partial charge in [-0.1, -0.05) is 168 Å². The maximum absolute atomic E-state index is 10.0. The number of allylic oxidation sites excluding steroid dienone is 5. The number of para-hydroxylation sites is 1. The Bertz CT molecular complexity index is 3800. The maximum atomic E-state index is 10.0. The van der Waals surface area contributed by atoms with Crippen molar-refractivity contribution in [2.24, 2.45) is 0 Å². The molecule has 0 atom stereocenters. The van der Waals surface area contributed by atoms with Gasteiger partial charge in [-0.15, -0.1) is 0 Å². The second-order valence-electron chi connectivity index (χ2n) is 19.2. The van der Waals surface area contributed by atoms with Gasteiger partial charge in [0.1, 0.15) is 0 Å². The highest BCUT2D eigenvalue weighted by Crippen LogP contribution is 2.52. The zero-order chi connectivity index (χ0) is 44.9. The van der Waals surface area contributed by atoms with Crippen LogP contribution in [0.3, 0.4) is 0 Å². The van der Waals surface area contributed by atoms with Crippen molar-refractivity contribution in [2.45, 2.75) is 44.9 Å². The minimum absolute atomic E-state index is 0.127. The number of hydrogen-bond acceptors (Lipinski definition) is 1. The van der Waals surface area contributed by atoms with Crippen molar-refractivity contribution in [2.75, 3.05) is 0 Å².